The van der Waals surface area contributed by atoms with Crippen molar-refractivity contribution in [2.75, 3.05) is 0 Å². The summed E-state index contributed by atoms with van der Waals surface area (Å²) < 4.78 is 0. The van der Waals surface area contributed by atoms with Gasteiger partial charge in [-0.25, -0.2) is 0 Å². The Hall–Kier alpha value is -0.760. The molecule has 2 aliphatic rings. The highest BCUT2D eigenvalue weighted by Gasteiger charge is 2.07. The highest BCUT2D eigenvalue weighted by atomic mass is 16.3. The van der Waals surface area contributed by atoms with E-state index >= 15 is 0 Å². The number of hydrogen-bond donors (Lipinski definition) is 2. The second-order valence-electron chi connectivity index (χ2n) is 3.92. The number of aliphatic hydroxyl groups is 2. The maximum atomic E-state index is 8.91. The van der Waals surface area contributed by atoms with Gasteiger partial charge in [0, 0.05) is 6.42 Å². The van der Waals surface area contributed by atoms with Crippen molar-refractivity contribution in [3.63, 3.8) is 0 Å². The molecule has 14 heavy (non-hydrogen) atoms. The van der Waals surface area contributed by atoms with E-state index in [1.165, 1.54) is 19.3 Å². The van der Waals surface area contributed by atoms with E-state index < -0.39 is 0 Å². The summed E-state index contributed by atoms with van der Waals surface area (Å²) in [6.45, 7) is 0. The van der Waals surface area contributed by atoms with Crippen LogP contribution in [0, 0.1) is 0 Å². The van der Waals surface area contributed by atoms with E-state index in [1.54, 1.807) is 6.08 Å². The number of allylic oxidation sites excluding steroid dienone is 4. The van der Waals surface area contributed by atoms with Crippen LogP contribution < -0.4 is 0 Å². The van der Waals surface area contributed by atoms with Crippen molar-refractivity contribution in [2.45, 2.75) is 51.0 Å². The monoisotopic (exact) mass is 196 g/mol. The molecule has 0 radical (unpaired) electrons. The predicted molar refractivity (Wildman–Crippen MR) is 58.2 cm³/mol. The molecule has 2 heteroatoms. The SMILES string of the molecule is OC1=CC=CCC1.OC1CCCCC1. The van der Waals surface area contributed by atoms with Gasteiger partial charge in [0.15, 0.2) is 0 Å². The Balaban J connectivity index is 0.000000140. The molecular formula is C12H20O2. The lowest BCUT2D eigenvalue weighted by Crippen LogP contribution is -2.09. The largest absolute Gasteiger partial charge is 0.512 e. The first kappa shape index (κ1) is 11.3. The molecule has 0 atom stereocenters. The van der Waals surface area contributed by atoms with E-state index in [4.69, 9.17) is 10.2 Å². The van der Waals surface area contributed by atoms with Crippen molar-refractivity contribution in [2.24, 2.45) is 0 Å². The second-order valence-corrected chi connectivity index (χ2v) is 3.92. The second kappa shape index (κ2) is 6.66. The summed E-state index contributed by atoms with van der Waals surface area (Å²) in [5.74, 6) is 0.502. The smallest absolute Gasteiger partial charge is 0.0925 e. The van der Waals surface area contributed by atoms with Crippen LogP contribution in [0.1, 0.15) is 44.9 Å². The molecule has 80 valence electrons. The van der Waals surface area contributed by atoms with Crippen LogP contribution >= 0.6 is 0 Å². The van der Waals surface area contributed by atoms with Crippen molar-refractivity contribution in [1.29, 1.82) is 0 Å². The van der Waals surface area contributed by atoms with E-state index in [0.717, 1.165) is 25.7 Å². The van der Waals surface area contributed by atoms with Gasteiger partial charge in [0.05, 0.1) is 11.9 Å². The van der Waals surface area contributed by atoms with Crippen LogP contribution in [-0.2, 0) is 0 Å². The van der Waals surface area contributed by atoms with Crippen LogP contribution in [0.25, 0.3) is 0 Å². The first-order valence-corrected chi connectivity index (χ1v) is 5.52. The average molecular weight is 196 g/mol. The summed E-state index contributed by atoms with van der Waals surface area (Å²) in [7, 11) is 0. The topological polar surface area (TPSA) is 40.5 Å². The zero-order chi connectivity index (χ0) is 10.2. The number of aliphatic hydroxyl groups excluding tert-OH is 2. The van der Waals surface area contributed by atoms with E-state index in [0.29, 0.717) is 5.76 Å². The van der Waals surface area contributed by atoms with Crippen LogP contribution in [-0.4, -0.2) is 16.3 Å². The Morgan fingerprint density at radius 2 is 1.86 bits per heavy atom. The molecule has 0 aromatic carbocycles. The zero-order valence-electron chi connectivity index (χ0n) is 8.65. The Labute approximate surface area is 86.0 Å². The van der Waals surface area contributed by atoms with Crippen LogP contribution in [0.15, 0.2) is 24.0 Å². The minimum absolute atomic E-state index is 0.0359. The highest BCUT2D eigenvalue weighted by molar-refractivity contribution is 5.11. The summed E-state index contributed by atoms with van der Waals surface area (Å²) >= 11 is 0. The van der Waals surface area contributed by atoms with Gasteiger partial charge in [0.25, 0.3) is 0 Å². The molecule has 0 spiro atoms. The maximum absolute atomic E-state index is 8.91. The lowest BCUT2D eigenvalue weighted by molar-refractivity contribution is 0.130. The summed E-state index contributed by atoms with van der Waals surface area (Å²) in [5, 5.41) is 17.6. The minimum atomic E-state index is 0.0359. The molecule has 0 amide bonds. The van der Waals surface area contributed by atoms with Gasteiger partial charge in [-0.3, -0.25) is 0 Å². The lowest BCUT2D eigenvalue weighted by atomic mass is 9.98. The Morgan fingerprint density at radius 1 is 1.14 bits per heavy atom. The molecule has 0 heterocycles. The molecule has 1 saturated carbocycles. The van der Waals surface area contributed by atoms with Crippen LogP contribution in [0.2, 0.25) is 0 Å². The average Bonchev–Trinajstić information content (AvgIpc) is 2.21. The van der Waals surface area contributed by atoms with Gasteiger partial charge in [-0.1, -0.05) is 31.4 Å². The maximum Gasteiger partial charge on any atom is 0.0925 e. The molecule has 1 fully saturated rings. The first-order valence-electron chi connectivity index (χ1n) is 5.52. The summed E-state index contributed by atoms with van der Waals surface area (Å²) in [4.78, 5) is 0. The van der Waals surface area contributed by atoms with Crippen LogP contribution in [0.3, 0.4) is 0 Å². The molecule has 2 N–H and O–H groups in total. The summed E-state index contributed by atoms with van der Waals surface area (Å²) in [6.07, 6.45) is 13.4. The first-order chi connectivity index (χ1) is 6.79. The zero-order valence-corrected chi connectivity index (χ0v) is 8.65. The minimum Gasteiger partial charge on any atom is -0.512 e. The van der Waals surface area contributed by atoms with Crippen molar-refractivity contribution < 1.29 is 10.2 Å². The van der Waals surface area contributed by atoms with Crippen LogP contribution in [0.4, 0.5) is 0 Å². The Morgan fingerprint density at radius 3 is 2.14 bits per heavy atom. The van der Waals surface area contributed by atoms with Crippen molar-refractivity contribution in [1.82, 2.24) is 0 Å². The fourth-order valence-corrected chi connectivity index (χ4v) is 1.67. The number of rotatable bonds is 0. The third kappa shape index (κ3) is 5.07. The van der Waals surface area contributed by atoms with Crippen molar-refractivity contribution in [3.8, 4) is 0 Å². The molecule has 0 unspecified atom stereocenters. The lowest BCUT2D eigenvalue weighted by Gasteiger charge is -2.14. The van der Waals surface area contributed by atoms with Crippen LogP contribution in [0.5, 0.6) is 0 Å². The van der Waals surface area contributed by atoms with Crippen molar-refractivity contribution >= 4 is 0 Å². The quantitative estimate of drug-likeness (QED) is 0.625. The molecule has 0 bridgehead atoms. The highest BCUT2D eigenvalue weighted by Crippen LogP contribution is 2.16. The van der Waals surface area contributed by atoms with Gasteiger partial charge in [-0.2, -0.15) is 0 Å². The van der Waals surface area contributed by atoms with Gasteiger partial charge in [0.1, 0.15) is 0 Å². The molecule has 0 aliphatic heterocycles. The molecule has 0 aromatic rings. The van der Waals surface area contributed by atoms with E-state index in [1.807, 2.05) is 12.2 Å². The van der Waals surface area contributed by atoms with Crippen molar-refractivity contribution in [3.05, 3.63) is 24.0 Å². The normalized spacial score (nSPS) is 22.2. The summed E-state index contributed by atoms with van der Waals surface area (Å²) in [5.41, 5.74) is 0. The Kier molecular flexibility index (Phi) is 5.38. The molecular weight excluding hydrogens is 176 g/mol. The standard InChI is InChI=1S/C6H12O.C6H8O/c2*7-6-4-2-1-3-5-6/h6-7H,1-5H2;1-2,4,7H,3,5H2. The third-order valence-electron chi connectivity index (χ3n) is 2.57. The van der Waals surface area contributed by atoms with E-state index in [-0.39, 0.29) is 6.10 Å². The molecule has 2 nitrogen and oxygen atoms in total. The van der Waals surface area contributed by atoms with Gasteiger partial charge >= 0.3 is 0 Å². The fraction of sp³-hybridized carbons (Fsp3) is 0.667. The van der Waals surface area contributed by atoms with E-state index in [9.17, 15) is 0 Å². The molecule has 2 aliphatic carbocycles. The van der Waals surface area contributed by atoms with Gasteiger partial charge < -0.3 is 10.2 Å². The van der Waals surface area contributed by atoms with Gasteiger partial charge in [-0.15, -0.1) is 0 Å². The van der Waals surface area contributed by atoms with Gasteiger partial charge in [0.2, 0.25) is 0 Å². The molecule has 2 rings (SSSR count). The fourth-order valence-electron chi connectivity index (χ4n) is 1.67. The predicted octanol–water partition coefficient (Wildman–Crippen LogP) is 3.09. The van der Waals surface area contributed by atoms with Gasteiger partial charge in [-0.05, 0) is 25.3 Å². The molecule has 0 saturated heterocycles. The molecule has 0 aromatic heterocycles. The number of hydrogen-bond acceptors (Lipinski definition) is 2. The third-order valence-corrected chi connectivity index (χ3v) is 2.57. The summed E-state index contributed by atoms with van der Waals surface area (Å²) in [6, 6.07) is 0. The van der Waals surface area contributed by atoms with E-state index in [2.05, 4.69) is 0 Å². The Bertz CT molecular complexity index is 200.